The summed E-state index contributed by atoms with van der Waals surface area (Å²) in [4.78, 5) is 13.9. The quantitative estimate of drug-likeness (QED) is 0.368. The van der Waals surface area contributed by atoms with Crippen LogP contribution in [0, 0.1) is 12.7 Å². The molecule has 0 aromatic heterocycles. The van der Waals surface area contributed by atoms with Crippen molar-refractivity contribution in [3.8, 4) is 0 Å². The standard InChI is InChI=1S/C13H16FN3O2/c1-8-4-5-9(14)7-10(8)13(18)17-6-2-3-11(17)12(15)16-19/h4-5,7,11,19H,2-3,6H2,1H3,(H2,15,16). The van der Waals surface area contributed by atoms with Gasteiger partial charge in [-0.2, -0.15) is 0 Å². The molecule has 102 valence electrons. The number of likely N-dealkylation sites (tertiary alicyclic amines) is 1. The third-order valence-corrected chi connectivity index (χ3v) is 3.40. The zero-order valence-corrected chi connectivity index (χ0v) is 10.6. The van der Waals surface area contributed by atoms with Crippen LogP contribution >= 0.6 is 0 Å². The van der Waals surface area contributed by atoms with Crippen LogP contribution in [0.2, 0.25) is 0 Å². The van der Waals surface area contributed by atoms with Gasteiger partial charge in [-0.1, -0.05) is 11.2 Å². The van der Waals surface area contributed by atoms with Gasteiger partial charge >= 0.3 is 0 Å². The van der Waals surface area contributed by atoms with Crippen molar-refractivity contribution in [3.05, 3.63) is 35.1 Å². The second-order valence-corrected chi connectivity index (χ2v) is 4.64. The summed E-state index contributed by atoms with van der Waals surface area (Å²) in [6.45, 7) is 2.27. The first-order chi connectivity index (χ1) is 9.04. The van der Waals surface area contributed by atoms with Crippen molar-refractivity contribution in [2.75, 3.05) is 6.54 Å². The number of carbonyl (C=O) groups is 1. The van der Waals surface area contributed by atoms with Gasteiger partial charge in [0.1, 0.15) is 5.82 Å². The molecule has 1 saturated heterocycles. The molecule has 0 bridgehead atoms. The number of carbonyl (C=O) groups excluding carboxylic acids is 1. The molecular weight excluding hydrogens is 249 g/mol. The smallest absolute Gasteiger partial charge is 0.254 e. The van der Waals surface area contributed by atoms with Gasteiger partial charge in [-0.3, -0.25) is 4.79 Å². The number of aryl methyl sites for hydroxylation is 1. The number of benzene rings is 1. The number of hydrogen-bond donors (Lipinski definition) is 2. The molecule has 1 aromatic rings. The lowest BCUT2D eigenvalue weighted by molar-refractivity contribution is 0.0766. The molecule has 19 heavy (non-hydrogen) atoms. The summed E-state index contributed by atoms with van der Waals surface area (Å²) in [5.41, 5.74) is 6.61. The van der Waals surface area contributed by atoms with E-state index in [9.17, 15) is 9.18 Å². The Morgan fingerprint density at radius 2 is 2.32 bits per heavy atom. The van der Waals surface area contributed by atoms with Crippen molar-refractivity contribution in [3.63, 3.8) is 0 Å². The van der Waals surface area contributed by atoms with Crippen LogP contribution in [0.1, 0.15) is 28.8 Å². The molecule has 0 spiro atoms. The van der Waals surface area contributed by atoms with Crippen LogP contribution in [0.5, 0.6) is 0 Å². The monoisotopic (exact) mass is 265 g/mol. The molecule has 0 aliphatic carbocycles. The number of nitrogens with two attached hydrogens (primary N) is 1. The molecule has 1 amide bonds. The Balaban J connectivity index is 2.31. The third kappa shape index (κ3) is 2.52. The van der Waals surface area contributed by atoms with Crippen LogP contribution in [0.15, 0.2) is 23.4 Å². The van der Waals surface area contributed by atoms with Gasteiger partial charge < -0.3 is 15.8 Å². The van der Waals surface area contributed by atoms with Crippen molar-refractivity contribution in [1.82, 2.24) is 4.90 Å². The number of oxime groups is 1. The Kier molecular flexibility index (Phi) is 3.69. The van der Waals surface area contributed by atoms with Crippen LogP contribution in [-0.2, 0) is 0 Å². The van der Waals surface area contributed by atoms with E-state index in [1.165, 1.54) is 17.0 Å². The second kappa shape index (κ2) is 5.26. The van der Waals surface area contributed by atoms with Crippen molar-refractivity contribution >= 4 is 11.7 Å². The lowest BCUT2D eigenvalue weighted by Crippen LogP contribution is -2.44. The Morgan fingerprint density at radius 1 is 1.58 bits per heavy atom. The molecular formula is C13H16FN3O2. The predicted molar refractivity (Wildman–Crippen MR) is 68.6 cm³/mol. The van der Waals surface area contributed by atoms with E-state index in [2.05, 4.69) is 5.16 Å². The predicted octanol–water partition coefficient (Wildman–Crippen LogP) is 1.49. The summed E-state index contributed by atoms with van der Waals surface area (Å²) < 4.78 is 13.3. The summed E-state index contributed by atoms with van der Waals surface area (Å²) in [5.74, 6) is -0.723. The largest absolute Gasteiger partial charge is 0.409 e. The summed E-state index contributed by atoms with van der Waals surface area (Å²) >= 11 is 0. The number of amidine groups is 1. The van der Waals surface area contributed by atoms with Gasteiger partial charge in [-0.15, -0.1) is 0 Å². The minimum Gasteiger partial charge on any atom is -0.409 e. The van der Waals surface area contributed by atoms with Gasteiger partial charge in [0.05, 0.1) is 6.04 Å². The number of rotatable bonds is 2. The average molecular weight is 265 g/mol. The second-order valence-electron chi connectivity index (χ2n) is 4.64. The number of amides is 1. The van der Waals surface area contributed by atoms with Gasteiger partial charge in [0.15, 0.2) is 5.84 Å². The van der Waals surface area contributed by atoms with Crippen LogP contribution < -0.4 is 5.73 Å². The summed E-state index contributed by atoms with van der Waals surface area (Å²) in [6.07, 6.45) is 1.43. The van der Waals surface area contributed by atoms with Gasteiger partial charge in [-0.05, 0) is 37.5 Å². The molecule has 1 heterocycles. The van der Waals surface area contributed by atoms with E-state index in [0.29, 0.717) is 24.1 Å². The maximum absolute atomic E-state index is 13.3. The molecule has 1 aromatic carbocycles. The molecule has 1 fully saturated rings. The van der Waals surface area contributed by atoms with Crippen LogP contribution in [-0.4, -0.2) is 34.4 Å². The molecule has 1 unspecified atom stereocenters. The maximum Gasteiger partial charge on any atom is 0.254 e. The first-order valence-corrected chi connectivity index (χ1v) is 6.09. The Bertz CT molecular complexity index is 531. The van der Waals surface area contributed by atoms with Crippen molar-refractivity contribution in [2.45, 2.75) is 25.8 Å². The molecule has 6 heteroatoms. The molecule has 0 saturated carbocycles. The van der Waals surface area contributed by atoms with Crippen molar-refractivity contribution in [2.24, 2.45) is 10.9 Å². The highest BCUT2D eigenvalue weighted by molar-refractivity contribution is 5.99. The molecule has 0 radical (unpaired) electrons. The normalized spacial score (nSPS) is 19.8. The number of hydrogen-bond acceptors (Lipinski definition) is 3. The average Bonchev–Trinajstić information content (AvgIpc) is 2.89. The highest BCUT2D eigenvalue weighted by atomic mass is 19.1. The topological polar surface area (TPSA) is 78.9 Å². The van der Waals surface area contributed by atoms with Crippen LogP contribution in [0.4, 0.5) is 4.39 Å². The number of nitrogens with zero attached hydrogens (tertiary/aromatic N) is 2. The van der Waals surface area contributed by atoms with Gasteiger partial charge in [-0.25, -0.2) is 4.39 Å². The summed E-state index contributed by atoms with van der Waals surface area (Å²) in [6, 6.07) is 3.69. The fourth-order valence-electron chi connectivity index (χ4n) is 2.36. The highest BCUT2D eigenvalue weighted by Crippen LogP contribution is 2.22. The van der Waals surface area contributed by atoms with E-state index in [-0.39, 0.29) is 11.7 Å². The number of halogens is 1. The van der Waals surface area contributed by atoms with Crippen LogP contribution in [0.25, 0.3) is 0 Å². The Labute approximate surface area is 110 Å². The van der Waals surface area contributed by atoms with Crippen molar-refractivity contribution < 1.29 is 14.4 Å². The summed E-state index contributed by atoms with van der Waals surface area (Å²) in [7, 11) is 0. The molecule has 1 aliphatic rings. The minimum atomic E-state index is -0.450. The fraction of sp³-hybridized carbons (Fsp3) is 0.385. The van der Waals surface area contributed by atoms with E-state index in [4.69, 9.17) is 10.9 Å². The van der Waals surface area contributed by atoms with E-state index >= 15 is 0 Å². The lowest BCUT2D eigenvalue weighted by atomic mass is 10.1. The molecule has 2 rings (SSSR count). The van der Waals surface area contributed by atoms with Gasteiger partial charge in [0.25, 0.3) is 5.91 Å². The summed E-state index contributed by atoms with van der Waals surface area (Å²) in [5, 5.41) is 11.7. The van der Waals surface area contributed by atoms with Crippen LogP contribution in [0.3, 0.4) is 0 Å². The first-order valence-electron chi connectivity index (χ1n) is 6.09. The van der Waals surface area contributed by atoms with E-state index < -0.39 is 11.9 Å². The Morgan fingerprint density at radius 3 is 3.00 bits per heavy atom. The fourth-order valence-corrected chi connectivity index (χ4v) is 2.36. The molecule has 1 atom stereocenters. The van der Waals surface area contributed by atoms with E-state index in [0.717, 1.165) is 6.42 Å². The third-order valence-electron chi connectivity index (χ3n) is 3.40. The van der Waals surface area contributed by atoms with E-state index in [1.54, 1.807) is 13.0 Å². The molecule has 3 N–H and O–H groups in total. The lowest BCUT2D eigenvalue weighted by Gasteiger charge is -2.24. The highest BCUT2D eigenvalue weighted by Gasteiger charge is 2.33. The maximum atomic E-state index is 13.3. The first kappa shape index (κ1) is 13.3. The zero-order chi connectivity index (χ0) is 14.0. The van der Waals surface area contributed by atoms with E-state index in [1.807, 2.05) is 0 Å². The van der Waals surface area contributed by atoms with Crippen molar-refractivity contribution in [1.29, 1.82) is 0 Å². The van der Waals surface area contributed by atoms with Gasteiger partial charge in [0, 0.05) is 12.1 Å². The molecule has 5 nitrogen and oxygen atoms in total. The molecule has 1 aliphatic heterocycles. The zero-order valence-electron chi connectivity index (χ0n) is 10.6. The minimum absolute atomic E-state index is 0.0138. The SMILES string of the molecule is Cc1ccc(F)cc1C(=O)N1CCCC1C(N)=NO. The Hall–Kier alpha value is -2.11. The van der Waals surface area contributed by atoms with Gasteiger partial charge in [0.2, 0.25) is 0 Å².